The van der Waals surface area contributed by atoms with Gasteiger partial charge in [-0.1, -0.05) is 17.7 Å². The first-order valence-electron chi connectivity index (χ1n) is 4.38. The normalized spacial score (nSPS) is 12.5. The highest BCUT2D eigenvalue weighted by Gasteiger charge is 2.15. The van der Waals surface area contributed by atoms with Crippen molar-refractivity contribution < 1.29 is 10.0 Å². The van der Waals surface area contributed by atoms with Crippen molar-refractivity contribution in [1.82, 2.24) is 0 Å². The van der Waals surface area contributed by atoms with Crippen molar-refractivity contribution >= 4 is 17.3 Å². The highest BCUT2D eigenvalue weighted by Crippen LogP contribution is 2.28. The summed E-state index contributed by atoms with van der Waals surface area (Å²) >= 11 is 5.62. The first-order chi connectivity index (χ1) is 7.06. The summed E-state index contributed by atoms with van der Waals surface area (Å²) < 4.78 is 0. The summed E-state index contributed by atoms with van der Waals surface area (Å²) in [5.74, 6) is 0. The van der Waals surface area contributed by atoms with Gasteiger partial charge >= 0.3 is 0 Å². The van der Waals surface area contributed by atoms with Crippen molar-refractivity contribution in [2.24, 2.45) is 5.73 Å². The molecule has 15 heavy (non-hydrogen) atoms. The monoisotopic (exact) mass is 230 g/mol. The van der Waals surface area contributed by atoms with Gasteiger partial charge < -0.3 is 10.8 Å². The summed E-state index contributed by atoms with van der Waals surface area (Å²) in [4.78, 5) is 9.99. The Labute approximate surface area is 91.6 Å². The highest BCUT2D eigenvalue weighted by molar-refractivity contribution is 6.32. The van der Waals surface area contributed by atoms with E-state index >= 15 is 0 Å². The fourth-order valence-corrected chi connectivity index (χ4v) is 1.39. The quantitative estimate of drug-likeness (QED) is 0.608. The minimum Gasteiger partial charge on any atom is -0.388 e. The molecule has 82 valence electrons. The predicted molar refractivity (Wildman–Crippen MR) is 56.7 cm³/mol. The van der Waals surface area contributed by atoms with Crippen LogP contribution in [0.25, 0.3) is 0 Å². The van der Waals surface area contributed by atoms with Crippen molar-refractivity contribution in [2.75, 3.05) is 6.54 Å². The molecule has 6 heteroatoms. The molecule has 1 aromatic carbocycles. The van der Waals surface area contributed by atoms with Crippen LogP contribution in [-0.4, -0.2) is 16.6 Å². The van der Waals surface area contributed by atoms with Gasteiger partial charge in [0.15, 0.2) is 0 Å². The Balaban J connectivity index is 3.02. The largest absolute Gasteiger partial charge is 0.388 e. The third-order valence-corrected chi connectivity index (χ3v) is 2.31. The van der Waals surface area contributed by atoms with E-state index in [-0.39, 0.29) is 10.7 Å². The molecule has 0 heterocycles. The van der Waals surface area contributed by atoms with Crippen LogP contribution in [0.4, 0.5) is 5.69 Å². The molecule has 0 aliphatic rings. The Morgan fingerprint density at radius 3 is 2.80 bits per heavy atom. The van der Waals surface area contributed by atoms with E-state index in [1.54, 1.807) is 6.07 Å². The first-order valence-corrected chi connectivity index (χ1v) is 4.76. The summed E-state index contributed by atoms with van der Waals surface area (Å²) in [6, 6.07) is 4.22. The highest BCUT2D eigenvalue weighted by atomic mass is 35.5. The van der Waals surface area contributed by atoms with Crippen LogP contribution in [0.15, 0.2) is 18.2 Å². The van der Waals surface area contributed by atoms with Gasteiger partial charge in [0, 0.05) is 6.07 Å². The lowest BCUT2D eigenvalue weighted by molar-refractivity contribution is -0.384. The molecule has 0 fully saturated rings. The van der Waals surface area contributed by atoms with Gasteiger partial charge in [0.05, 0.1) is 11.0 Å². The van der Waals surface area contributed by atoms with Crippen LogP contribution in [0.5, 0.6) is 0 Å². The summed E-state index contributed by atoms with van der Waals surface area (Å²) in [6.45, 7) is 0.317. The molecule has 0 amide bonds. The fraction of sp³-hybridized carbons (Fsp3) is 0.333. The maximum atomic E-state index is 10.6. The molecule has 0 aromatic heterocycles. The number of hydrogen-bond donors (Lipinski definition) is 2. The van der Waals surface area contributed by atoms with Crippen LogP contribution in [-0.2, 0) is 0 Å². The van der Waals surface area contributed by atoms with Gasteiger partial charge in [0.2, 0.25) is 0 Å². The summed E-state index contributed by atoms with van der Waals surface area (Å²) in [7, 11) is 0. The predicted octanol–water partition coefficient (Wildman–Crippen LogP) is 1.63. The average molecular weight is 231 g/mol. The van der Waals surface area contributed by atoms with Crippen molar-refractivity contribution in [3.05, 3.63) is 38.9 Å². The number of aliphatic hydroxyl groups is 1. The number of nitrogens with two attached hydrogens (primary N) is 1. The van der Waals surface area contributed by atoms with E-state index in [4.69, 9.17) is 17.3 Å². The van der Waals surface area contributed by atoms with Gasteiger partial charge in [0.1, 0.15) is 5.02 Å². The number of aliphatic hydroxyl groups excluding tert-OH is 1. The van der Waals surface area contributed by atoms with Gasteiger partial charge in [-0.2, -0.15) is 0 Å². The Hall–Kier alpha value is -1.17. The Kier molecular flexibility index (Phi) is 4.02. The summed E-state index contributed by atoms with van der Waals surface area (Å²) in [5.41, 5.74) is 5.53. The molecule has 0 aliphatic carbocycles. The smallest absolute Gasteiger partial charge is 0.288 e. The van der Waals surface area contributed by atoms with E-state index in [1.807, 2.05) is 0 Å². The standard InChI is InChI=1S/C9H11ClN2O3/c10-7-2-1-6(9(13)3-4-11)5-8(7)12(14)15/h1-2,5,9,13H,3-4,11H2. The number of nitro groups is 1. The Morgan fingerprint density at radius 1 is 1.60 bits per heavy atom. The number of nitro benzene ring substituents is 1. The molecule has 0 saturated carbocycles. The maximum Gasteiger partial charge on any atom is 0.288 e. The molecule has 0 radical (unpaired) electrons. The molecule has 0 aliphatic heterocycles. The average Bonchev–Trinajstić information content (AvgIpc) is 2.18. The van der Waals surface area contributed by atoms with Crippen molar-refractivity contribution in [3.63, 3.8) is 0 Å². The zero-order chi connectivity index (χ0) is 11.4. The lowest BCUT2D eigenvalue weighted by Crippen LogP contribution is -2.07. The number of benzene rings is 1. The van der Waals surface area contributed by atoms with E-state index in [1.165, 1.54) is 12.1 Å². The molecule has 5 nitrogen and oxygen atoms in total. The number of nitrogens with zero attached hydrogens (tertiary/aromatic N) is 1. The second kappa shape index (κ2) is 5.06. The van der Waals surface area contributed by atoms with Gasteiger partial charge in [-0.15, -0.1) is 0 Å². The van der Waals surface area contributed by atoms with Crippen LogP contribution in [0.2, 0.25) is 5.02 Å². The number of rotatable bonds is 4. The first kappa shape index (κ1) is 11.9. The van der Waals surface area contributed by atoms with E-state index in [0.717, 1.165) is 0 Å². The van der Waals surface area contributed by atoms with Crippen LogP contribution >= 0.6 is 11.6 Å². The molecule has 1 rings (SSSR count). The zero-order valence-corrected chi connectivity index (χ0v) is 8.65. The van der Waals surface area contributed by atoms with Crippen LogP contribution in [0.1, 0.15) is 18.1 Å². The maximum absolute atomic E-state index is 10.6. The molecule has 1 aromatic rings. The fourth-order valence-electron chi connectivity index (χ4n) is 1.20. The minimum atomic E-state index is -0.786. The van der Waals surface area contributed by atoms with E-state index in [9.17, 15) is 15.2 Å². The van der Waals surface area contributed by atoms with Crippen molar-refractivity contribution in [1.29, 1.82) is 0 Å². The van der Waals surface area contributed by atoms with Gasteiger partial charge in [-0.25, -0.2) is 0 Å². The van der Waals surface area contributed by atoms with Gasteiger partial charge in [-0.05, 0) is 24.6 Å². The Bertz CT molecular complexity index is 370. The van der Waals surface area contributed by atoms with Crippen molar-refractivity contribution in [2.45, 2.75) is 12.5 Å². The lowest BCUT2D eigenvalue weighted by atomic mass is 10.1. The molecule has 3 N–H and O–H groups in total. The molecular weight excluding hydrogens is 220 g/mol. The second-order valence-electron chi connectivity index (χ2n) is 3.06. The van der Waals surface area contributed by atoms with E-state index < -0.39 is 11.0 Å². The third kappa shape index (κ3) is 2.89. The molecule has 0 spiro atoms. The van der Waals surface area contributed by atoms with Crippen molar-refractivity contribution in [3.8, 4) is 0 Å². The molecular formula is C9H11ClN2O3. The summed E-state index contributed by atoms with van der Waals surface area (Å²) in [5, 5.41) is 20.2. The zero-order valence-electron chi connectivity index (χ0n) is 7.89. The van der Waals surface area contributed by atoms with E-state index in [0.29, 0.717) is 18.5 Å². The molecule has 1 unspecified atom stereocenters. The second-order valence-corrected chi connectivity index (χ2v) is 3.47. The Morgan fingerprint density at radius 2 is 2.27 bits per heavy atom. The number of hydrogen-bond acceptors (Lipinski definition) is 4. The number of halogens is 1. The van der Waals surface area contributed by atoms with E-state index in [2.05, 4.69) is 0 Å². The van der Waals surface area contributed by atoms with Gasteiger partial charge in [-0.3, -0.25) is 10.1 Å². The van der Waals surface area contributed by atoms with Gasteiger partial charge in [0.25, 0.3) is 5.69 Å². The minimum absolute atomic E-state index is 0.0590. The van der Waals surface area contributed by atoms with Crippen LogP contribution < -0.4 is 5.73 Å². The molecule has 1 atom stereocenters. The lowest BCUT2D eigenvalue weighted by Gasteiger charge is -2.09. The van der Waals surface area contributed by atoms with Crippen LogP contribution in [0, 0.1) is 10.1 Å². The third-order valence-electron chi connectivity index (χ3n) is 1.99. The molecule has 0 saturated heterocycles. The summed E-state index contributed by atoms with van der Waals surface area (Å²) in [6.07, 6.45) is -0.426. The topological polar surface area (TPSA) is 89.4 Å². The molecule has 0 bridgehead atoms. The SMILES string of the molecule is NCCC(O)c1ccc(Cl)c([N+](=O)[O-])c1. The van der Waals surface area contributed by atoms with Crippen LogP contribution in [0.3, 0.4) is 0 Å².